The van der Waals surface area contributed by atoms with Crippen LogP contribution in [0.25, 0.3) is 22.0 Å². The molecule has 8 amide bonds. The normalized spacial score (nSPS) is 21.6. The molecule has 1 saturated heterocycles. The van der Waals surface area contributed by atoms with Crippen LogP contribution in [0.2, 0.25) is 59.4 Å². The molecule has 10 rings (SSSR count). The van der Waals surface area contributed by atoms with Crippen molar-refractivity contribution in [2.24, 2.45) is 11.8 Å². The molecule has 5 aliphatic rings. The number of rotatable bonds is 33. The van der Waals surface area contributed by atoms with Gasteiger partial charge in [-0.2, -0.15) is 0 Å². The number of carbonyl (C=O) groups excluding carboxylic acids is 9. The lowest BCUT2D eigenvalue weighted by atomic mass is 9.52. The zero-order valence-corrected chi connectivity index (χ0v) is 82.9. The number of amides is 8. The molecule has 8 atom stereocenters. The van der Waals surface area contributed by atoms with Crippen LogP contribution in [0.5, 0.6) is 5.75 Å². The molecule has 1 saturated carbocycles. The van der Waals surface area contributed by atoms with Gasteiger partial charge in [0.25, 0.3) is 0 Å². The zero-order valence-electron chi connectivity index (χ0n) is 79.1. The summed E-state index contributed by atoms with van der Waals surface area (Å²) < 4.78 is 45.8. The smallest absolute Gasteiger partial charge is 0.424 e. The largest absolute Gasteiger partial charge is 0.495 e. The zero-order chi connectivity index (χ0) is 94.2. The van der Waals surface area contributed by atoms with Gasteiger partial charge in [0.2, 0.25) is 35.4 Å². The summed E-state index contributed by atoms with van der Waals surface area (Å²) in [6.07, 6.45) is -0.891. The van der Waals surface area contributed by atoms with E-state index >= 15 is 14.4 Å². The number of aromatic nitrogens is 1. The summed E-state index contributed by atoms with van der Waals surface area (Å²) in [4.78, 5) is 138. The van der Waals surface area contributed by atoms with E-state index in [0.717, 1.165) is 49.3 Å². The highest BCUT2D eigenvalue weighted by atomic mass is 35.5. The molecule has 5 N–H and O–H groups in total. The maximum atomic E-state index is 15.4. The van der Waals surface area contributed by atoms with Crippen LogP contribution < -0.4 is 20.3 Å². The number of aliphatic hydroxyl groups excluding tert-OH is 1. The summed E-state index contributed by atoms with van der Waals surface area (Å²) in [6.45, 7) is 36.4. The molecule has 2 unspecified atom stereocenters. The average Bonchev–Trinajstić information content (AvgIpc) is 1.35. The van der Waals surface area contributed by atoms with E-state index in [1.165, 1.54) is 65.7 Å². The molecule has 4 aromatic carbocycles. The highest BCUT2D eigenvalue weighted by molar-refractivity contribution is 6.75. The quantitative estimate of drug-likeness (QED) is 0.0113. The topological polar surface area (TPSA) is 331 Å². The van der Waals surface area contributed by atoms with Gasteiger partial charge < -0.3 is 81.9 Å². The summed E-state index contributed by atoms with van der Waals surface area (Å²) in [6, 6.07) is 28.1. The van der Waals surface area contributed by atoms with Crippen LogP contribution in [0.3, 0.4) is 0 Å². The van der Waals surface area contributed by atoms with E-state index in [1.807, 2.05) is 66.1 Å². The first-order valence-corrected chi connectivity index (χ1v) is 53.1. The fourth-order valence-corrected chi connectivity index (χ4v) is 19.3. The van der Waals surface area contributed by atoms with Gasteiger partial charge in [-0.1, -0.05) is 171 Å². The third-order valence-corrected chi connectivity index (χ3v) is 41.8. The number of hydrogen-bond donors (Lipinski definition) is 5. The number of likely N-dealkylation sites (N-methyl/N-ethyl adjacent to an activating group) is 1. The predicted octanol–water partition coefficient (Wildman–Crippen LogP) is 13.2. The van der Waals surface area contributed by atoms with Crippen LogP contribution >= 0.6 is 11.6 Å². The van der Waals surface area contributed by atoms with Crippen LogP contribution in [0.4, 0.5) is 15.3 Å². The second kappa shape index (κ2) is 41.1. The van der Waals surface area contributed by atoms with E-state index in [0.29, 0.717) is 12.0 Å². The third kappa shape index (κ3) is 24.1. The number of carbonyl (C=O) groups is 9. The number of esters is 1. The fraction of sp³-hybridized carbons (Fsp3) is 0.585. The summed E-state index contributed by atoms with van der Waals surface area (Å²) in [7, 11) is 0.347. The van der Waals surface area contributed by atoms with Crippen molar-refractivity contribution in [1.82, 2.24) is 44.8 Å². The van der Waals surface area contributed by atoms with Crippen LogP contribution in [-0.4, -0.2) is 271 Å². The lowest BCUT2D eigenvalue weighted by molar-refractivity contribution is -0.283. The minimum absolute atomic E-state index is 0.0242. The Morgan fingerprint density at radius 1 is 0.717 bits per heavy atom. The average molecular weight is 1830 g/mol. The van der Waals surface area contributed by atoms with Crippen LogP contribution in [0.1, 0.15) is 150 Å². The Kier molecular flexibility index (Phi) is 33.0. The van der Waals surface area contributed by atoms with Crippen molar-refractivity contribution < 1.29 is 90.7 Å². The van der Waals surface area contributed by atoms with Gasteiger partial charge in [0, 0.05) is 103 Å². The molecule has 0 radical (unpaired) electrons. The number of aliphatic hydroxyl groups is 3. The number of nitrogens with one attached hydrogen (secondary N) is 2. The number of anilines is 1. The maximum absolute atomic E-state index is 15.4. The van der Waals surface area contributed by atoms with E-state index in [9.17, 15) is 44.1 Å². The number of para-hydroxylation sites is 1. The van der Waals surface area contributed by atoms with E-state index in [4.69, 9.17) is 43.8 Å². The molecule has 6 bridgehead atoms. The number of aryl methyl sites for hydroxylation is 1. The maximum Gasteiger partial charge on any atom is 0.424 e. The van der Waals surface area contributed by atoms with Crippen molar-refractivity contribution in [1.29, 1.82) is 0 Å². The molecule has 4 heterocycles. The van der Waals surface area contributed by atoms with Crippen LogP contribution in [0.15, 0.2) is 115 Å². The fourth-order valence-electron chi connectivity index (χ4n) is 15.9. The molecule has 127 heavy (non-hydrogen) atoms. The Morgan fingerprint density at radius 2 is 1.25 bits per heavy atom. The molecule has 0 spiro atoms. The lowest BCUT2D eigenvalue weighted by Crippen LogP contribution is -2.73. The first-order valence-electron chi connectivity index (χ1n) is 44.0. The number of halogens is 1. The van der Waals surface area contributed by atoms with Gasteiger partial charge >= 0.3 is 18.2 Å². The molecular weight excluding hydrogens is 1690 g/mol. The van der Waals surface area contributed by atoms with Crippen LogP contribution in [0, 0.1) is 11.8 Å². The lowest BCUT2D eigenvalue weighted by Gasteiger charge is -2.61. The van der Waals surface area contributed by atoms with E-state index in [-0.39, 0.29) is 129 Å². The molecule has 1 aromatic heterocycles. The van der Waals surface area contributed by atoms with Crippen molar-refractivity contribution in [2.75, 3.05) is 112 Å². The van der Waals surface area contributed by atoms with E-state index in [2.05, 4.69) is 136 Å². The SMILES string of the molecule is COc1cc2cc(c1Cl)N(C)C(=O)CC1(OC(=O)[C@H](C)N(C)C(=O)CCN(CCO[Si](C)(C)C(C)(C)C)C(=O)CN(CCO[Si](C)(C)C(C)(C)C)C(=O)CN(CCO[Si](C)(C)C(C)(C)C)C(=O)CNC(=O)CCn3c(CN(C)N(C)C(=O)OCC4c5ccccc5-c5ccccc54)cc4ccccc43)CC([C@H](C)[C@@H]3C[C@@](O)(NC(=O)O3)[C@H](O)/C=C/C=C(\C)C2)[C@@]1(C)O. The molecule has 5 aromatic rings. The highest BCUT2D eigenvalue weighted by Crippen LogP contribution is 2.57. The number of hydrogen-bond acceptors (Lipinski definition) is 20. The minimum Gasteiger partial charge on any atom is -0.495 e. The number of benzene rings is 4. The Balaban J connectivity index is 0.923. The second-order valence-electron chi connectivity index (χ2n) is 39.5. The van der Waals surface area contributed by atoms with Gasteiger partial charge in [-0.05, 0) is 151 Å². The van der Waals surface area contributed by atoms with E-state index < -0.39 is 152 Å². The summed E-state index contributed by atoms with van der Waals surface area (Å²) in [5, 5.41) is 44.9. The second-order valence-corrected chi connectivity index (χ2v) is 54.3. The van der Waals surface area contributed by atoms with E-state index in [1.54, 1.807) is 50.3 Å². The first-order chi connectivity index (χ1) is 59.1. The molecular formula is C94H139ClN10O19Si3. The minimum atomic E-state index is -2.49. The number of methoxy groups -OCH3 is 1. The molecule has 2 fully saturated rings. The Bertz CT molecular complexity index is 4840. The Hall–Kier alpha value is -8.81. The highest BCUT2D eigenvalue weighted by Gasteiger charge is 2.69. The van der Waals surface area contributed by atoms with Gasteiger partial charge in [-0.3, -0.25) is 34.1 Å². The standard InChI is InChI=1S/C94H139ClN10O19Si3/c1-62-32-31-39-78(106)94(117)55-77(123-87(114)97-94)63(2)73-54-93(92(73,13)116,56-81(109)100(16)75-51-65(50-62)52-76(118-18)85(75)95)124-86(113)64(3)99(15)80(108)41-42-102(44-47-120-125(19,20)89(4,5)6)83(111)59-104(46-49-122-127(23,24)91(10,11)12)84(112)60-103(45-48-121-126(21,22)90(7,8)9)82(110)57-96-79(107)40-43-105-67(53-66-33-25-30-38-74(66)105)58-98(14)101(17)88(115)119-61-72-70-36-28-26-34-68(70)69-35-27-29-37-71(69)72/h25-39,51-53,63-64,72-73,77-78,106,116-117H,40-50,54-61H2,1-24H3,(H,96,107)(H,97,114)/b39-31+,62-32+/t63-,64-,73?,77-,78+,92+,93?,94-/m0/s1. The Morgan fingerprint density at radius 3 is 1.81 bits per heavy atom. The molecule has 33 heteroatoms. The van der Waals surface area contributed by atoms with Gasteiger partial charge in [0.05, 0.1) is 65.2 Å². The Labute approximate surface area is 758 Å². The van der Waals surface area contributed by atoms with Gasteiger partial charge in [0.15, 0.2) is 30.7 Å². The van der Waals surface area contributed by atoms with Crippen molar-refractivity contribution >= 4 is 107 Å². The summed E-state index contributed by atoms with van der Waals surface area (Å²) >= 11 is 6.96. The monoisotopic (exact) mass is 1830 g/mol. The third-order valence-electron chi connectivity index (χ3n) is 27.8. The van der Waals surface area contributed by atoms with Gasteiger partial charge in [0.1, 0.15) is 46.8 Å². The molecule has 29 nitrogen and oxygen atoms in total. The number of alkyl carbamates (subject to hydrolysis) is 1. The van der Waals surface area contributed by atoms with Crippen molar-refractivity contribution in [2.45, 2.75) is 237 Å². The summed E-state index contributed by atoms with van der Waals surface area (Å²) in [5.41, 5.74) is 1.53. The number of allylic oxidation sites excluding steroid dienone is 3. The first kappa shape index (κ1) is 102. The molecule has 2 aliphatic carbocycles. The van der Waals surface area contributed by atoms with Crippen LogP contribution in [-0.2, 0) is 80.6 Å². The molecule has 3 aliphatic heterocycles. The van der Waals surface area contributed by atoms with Crippen molar-refractivity contribution in [3.8, 4) is 16.9 Å². The number of hydrazine groups is 1. The van der Waals surface area contributed by atoms with Gasteiger partial charge in [-0.25, -0.2) is 24.4 Å². The predicted molar refractivity (Wildman–Crippen MR) is 498 cm³/mol. The van der Waals surface area contributed by atoms with Crippen molar-refractivity contribution in [3.05, 3.63) is 142 Å². The number of fused-ring (bicyclic) bond motifs is 9. The molecule has 698 valence electrons. The van der Waals surface area contributed by atoms with Gasteiger partial charge in [-0.15, -0.1) is 0 Å². The number of nitrogens with zero attached hydrogens (tertiary/aromatic N) is 8. The van der Waals surface area contributed by atoms with Crippen molar-refractivity contribution in [3.63, 3.8) is 0 Å². The summed E-state index contributed by atoms with van der Waals surface area (Å²) in [5.74, 6) is -5.98. The number of ether oxygens (including phenoxy) is 4.